The van der Waals surface area contributed by atoms with Crippen LogP contribution in [-0.2, 0) is 7.05 Å². The molecule has 0 atom stereocenters. The summed E-state index contributed by atoms with van der Waals surface area (Å²) >= 11 is 0. The number of rotatable bonds is 3. The summed E-state index contributed by atoms with van der Waals surface area (Å²) in [6.45, 7) is 1.83. The summed E-state index contributed by atoms with van der Waals surface area (Å²) in [6.07, 6.45) is 5.36. The van der Waals surface area contributed by atoms with Crippen LogP contribution in [0.1, 0.15) is 12.0 Å². The highest BCUT2D eigenvalue weighted by Crippen LogP contribution is 2.34. The van der Waals surface area contributed by atoms with Crippen LogP contribution in [0.2, 0.25) is 0 Å². The molecule has 0 aliphatic carbocycles. The van der Waals surface area contributed by atoms with E-state index in [-0.39, 0.29) is 5.82 Å². The van der Waals surface area contributed by atoms with Crippen LogP contribution in [0.25, 0.3) is 33.6 Å². The van der Waals surface area contributed by atoms with Crippen molar-refractivity contribution >= 4 is 16.5 Å². The third kappa shape index (κ3) is 2.80. The van der Waals surface area contributed by atoms with Crippen molar-refractivity contribution < 1.29 is 4.39 Å². The molecule has 1 aliphatic heterocycles. The van der Waals surface area contributed by atoms with Gasteiger partial charge in [-0.05, 0) is 71.4 Å². The molecule has 0 fully saturated rings. The van der Waals surface area contributed by atoms with E-state index < -0.39 is 0 Å². The average molecular weight is 374 g/mol. The van der Waals surface area contributed by atoms with Crippen LogP contribution in [0, 0.1) is 5.82 Å². The van der Waals surface area contributed by atoms with E-state index >= 15 is 0 Å². The standard InChI is InChI=1S/C21H19FN6/c1-27-21(24-25-26-27)15-2-7-20-18(12-15)19(14-8-10-23-11-9-14)13-28(20)17-5-3-16(22)4-6-17/h2-8,12-13,23H,9-11H2,1H3. The first kappa shape index (κ1) is 16.8. The van der Waals surface area contributed by atoms with Gasteiger partial charge in [0.1, 0.15) is 5.82 Å². The molecule has 6 nitrogen and oxygen atoms in total. The zero-order valence-corrected chi connectivity index (χ0v) is 15.4. The monoisotopic (exact) mass is 374 g/mol. The number of tetrazole rings is 1. The minimum Gasteiger partial charge on any atom is -0.316 e. The number of hydrogen-bond donors (Lipinski definition) is 1. The number of nitrogens with one attached hydrogen (secondary N) is 1. The molecule has 140 valence electrons. The van der Waals surface area contributed by atoms with Gasteiger partial charge >= 0.3 is 0 Å². The van der Waals surface area contributed by atoms with E-state index in [0.717, 1.165) is 47.5 Å². The molecule has 2 aromatic heterocycles. The lowest BCUT2D eigenvalue weighted by atomic mass is 9.98. The Morgan fingerprint density at radius 1 is 1.11 bits per heavy atom. The fourth-order valence-corrected chi connectivity index (χ4v) is 3.78. The van der Waals surface area contributed by atoms with Gasteiger partial charge in [-0.25, -0.2) is 9.07 Å². The van der Waals surface area contributed by atoms with Gasteiger partial charge in [-0.2, -0.15) is 0 Å². The molecule has 0 spiro atoms. The number of hydrogen-bond acceptors (Lipinski definition) is 4. The SMILES string of the molecule is Cn1nnnc1-c1ccc2c(c1)c(C1=CCNCC1)cn2-c1ccc(F)cc1. The first-order chi connectivity index (χ1) is 13.7. The molecule has 3 heterocycles. The first-order valence-corrected chi connectivity index (χ1v) is 9.24. The minimum atomic E-state index is -0.237. The predicted octanol–water partition coefficient (Wildman–Crippen LogP) is 3.34. The number of benzene rings is 2. The van der Waals surface area contributed by atoms with Gasteiger partial charge < -0.3 is 9.88 Å². The second-order valence-corrected chi connectivity index (χ2v) is 6.93. The molecule has 7 heteroatoms. The molecule has 5 rings (SSSR count). The van der Waals surface area contributed by atoms with Gasteiger partial charge in [0.05, 0.1) is 5.52 Å². The Balaban J connectivity index is 1.74. The topological polar surface area (TPSA) is 60.6 Å². The lowest BCUT2D eigenvalue weighted by Gasteiger charge is -2.13. The predicted molar refractivity (Wildman–Crippen MR) is 106 cm³/mol. The molecular formula is C21H19FN6. The number of nitrogens with zero attached hydrogens (tertiary/aromatic N) is 5. The zero-order valence-electron chi connectivity index (χ0n) is 15.4. The van der Waals surface area contributed by atoms with Crippen LogP contribution in [0.4, 0.5) is 4.39 Å². The highest BCUT2D eigenvalue weighted by molar-refractivity contribution is 5.96. The summed E-state index contributed by atoms with van der Waals surface area (Å²) in [4.78, 5) is 0. The van der Waals surface area contributed by atoms with Gasteiger partial charge in [-0.1, -0.05) is 6.08 Å². The van der Waals surface area contributed by atoms with Crippen molar-refractivity contribution in [3.8, 4) is 17.1 Å². The third-order valence-electron chi connectivity index (χ3n) is 5.20. The van der Waals surface area contributed by atoms with Gasteiger partial charge in [0.25, 0.3) is 0 Å². The Bertz CT molecular complexity index is 1190. The maximum atomic E-state index is 13.4. The van der Waals surface area contributed by atoms with Crippen LogP contribution >= 0.6 is 0 Å². The van der Waals surface area contributed by atoms with Crippen molar-refractivity contribution in [2.45, 2.75) is 6.42 Å². The second kappa shape index (κ2) is 6.69. The lowest BCUT2D eigenvalue weighted by molar-refractivity contribution is 0.627. The molecular weight excluding hydrogens is 355 g/mol. The second-order valence-electron chi connectivity index (χ2n) is 6.93. The number of aromatic nitrogens is 5. The maximum Gasteiger partial charge on any atom is 0.181 e. The largest absolute Gasteiger partial charge is 0.316 e. The van der Waals surface area contributed by atoms with Crippen molar-refractivity contribution in [2.75, 3.05) is 13.1 Å². The van der Waals surface area contributed by atoms with Crippen molar-refractivity contribution in [3.63, 3.8) is 0 Å². The Morgan fingerprint density at radius 3 is 2.68 bits per heavy atom. The summed E-state index contributed by atoms with van der Waals surface area (Å²) in [7, 11) is 1.83. The Labute approximate surface area is 161 Å². The minimum absolute atomic E-state index is 0.237. The molecule has 0 unspecified atom stereocenters. The molecule has 0 radical (unpaired) electrons. The fourth-order valence-electron chi connectivity index (χ4n) is 3.78. The summed E-state index contributed by atoms with van der Waals surface area (Å²) < 4.78 is 17.2. The van der Waals surface area contributed by atoms with Gasteiger partial charge in [0.2, 0.25) is 0 Å². The van der Waals surface area contributed by atoms with Crippen LogP contribution < -0.4 is 5.32 Å². The molecule has 1 N–H and O–H groups in total. The van der Waals surface area contributed by atoms with Crippen LogP contribution in [0.5, 0.6) is 0 Å². The van der Waals surface area contributed by atoms with Gasteiger partial charge in [0, 0.05) is 42.0 Å². The highest BCUT2D eigenvalue weighted by atomic mass is 19.1. The van der Waals surface area contributed by atoms with E-state index in [2.05, 4.69) is 49.8 Å². The average Bonchev–Trinajstić information content (AvgIpc) is 3.32. The smallest absolute Gasteiger partial charge is 0.181 e. The maximum absolute atomic E-state index is 13.4. The molecule has 0 bridgehead atoms. The van der Waals surface area contributed by atoms with Crippen LogP contribution in [0.3, 0.4) is 0 Å². The molecule has 2 aromatic carbocycles. The summed E-state index contributed by atoms with van der Waals surface area (Å²) in [5, 5.41) is 16.3. The summed E-state index contributed by atoms with van der Waals surface area (Å²) in [6, 6.07) is 12.8. The molecule has 28 heavy (non-hydrogen) atoms. The van der Waals surface area contributed by atoms with Gasteiger partial charge in [-0.3, -0.25) is 0 Å². The van der Waals surface area contributed by atoms with Crippen molar-refractivity contribution in [1.29, 1.82) is 0 Å². The van der Waals surface area contributed by atoms with Crippen molar-refractivity contribution in [1.82, 2.24) is 30.1 Å². The third-order valence-corrected chi connectivity index (χ3v) is 5.20. The van der Waals surface area contributed by atoms with Crippen molar-refractivity contribution in [2.24, 2.45) is 7.05 Å². The van der Waals surface area contributed by atoms with E-state index in [1.54, 1.807) is 16.8 Å². The Morgan fingerprint density at radius 2 is 1.96 bits per heavy atom. The molecule has 1 aliphatic rings. The first-order valence-electron chi connectivity index (χ1n) is 9.24. The Kier molecular flexibility index (Phi) is 4.02. The fraction of sp³-hybridized carbons (Fsp3) is 0.190. The molecule has 0 amide bonds. The number of fused-ring (bicyclic) bond motifs is 1. The van der Waals surface area contributed by atoms with E-state index in [9.17, 15) is 4.39 Å². The van der Waals surface area contributed by atoms with E-state index in [1.165, 1.54) is 23.3 Å². The van der Waals surface area contributed by atoms with E-state index in [0.29, 0.717) is 0 Å². The van der Waals surface area contributed by atoms with Crippen LogP contribution in [0.15, 0.2) is 54.7 Å². The quantitative estimate of drug-likeness (QED) is 0.598. The Hall–Kier alpha value is -3.32. The van der Waals surface area contributed by atoms with E-state index in [4.69, 9.17) is 0 Å². The summed E-state index contributed by atoms with van der Waals surface area (Å²) in [5.41, 5.74) is 5.48. The molecule has 0 saturated heterocycles. The van der Waals surface area contributed by atoms with Crippen LogP contribution in [-0.4, -0.2) is 37.9 Å². The number of aryl methyl sites for hydroxylation is 1. The normalized spacial score (nSPS) is 14.4. The highest BCUT2D eigenvalue weighted by Gasteiger charge is 2.17. The molecule has 0 saturated carbocycles. The summed E-state index contributed by atoms with van der Waals surface area (Å²) in [5.74, 6) is 0.486. The molecule has 4 aromatic rings. The van der Waals surface area contributed by atoms with Crippen molar-refractivity contribution in [3.05, 3.63) is 66.1 Å². The number of halogens is 1. The lowest BCUT2D eigenvalue weighted by Crippen LogP contribution is -2.19. The zero-order chi connectivity index (χ0) is 19.1. The van der Waals surface area contributed by atoms with E-state index in [1.807, 2.05) is 13.1 Å². The van der Waals surface area contributed by atoms with Gasteiger partial charge in [0.15, 0.2) is 5.82 Å². The van der Waals surface area contributed by atoms with Gasteiger partial charge in [-0.15, -0.1) is 5.10 Å².